The van der Waals surface area contributed by atoms with Crippen LogP contribution in [0.4, 0.5) is 0 Å². The first kappa shape index (κ1) is 13.0. The van der Waals surface area contributed by atoms with Gasteiger partial charge < -0.3 is 9.84 Å². The Hall–Kier alpha value is -2.10. The van der Waals surface area contributed by atoms with Gasteiger partial charge in [-0.3, -0.25) is 4.79 Å². The number of aliphatic hydroxyl groups is 1. The van der Waals surface area contributed by atoms with Crippen LogP contribution in [0.25, 0.3) is 0 Å². The molecule has 0 saturated heterocycles. The van der Waals surface area contributed by atoms with E-state index in [0.717, 1.165) is 11.6 Å². The molecule has 0 atom stereocenters. The Morgan fingerprint density at radius 2 is 1.88 bits per heavy atom. The fourth-order valence-corrected chi connectivity index (χ4v) is 1.19. The van der Waals surface area contributed by atoms with Crippen molar-refractivity contribution in [3.05, 3.63) is 47.2 Å². The lowest BCUT2D eigenvalue weighted by molar-refractivity contribution is -0.141. The van der Waals surface area contributed by atoms with Crippen molar-refractivity contribution in [2.75, 3.05) is 6.61 Å². The minimum absolute atomic E-state index is 0.148. The number of ketones is 1. The molecule has 90 valence electrons. The van der Waals surface area contributed by atoms with Crippen LogP contribution in [-0.4, -0.2) is 23.5 Å². The van der Waals surface area contributed by atoms with Crippen LogP contribution in [0.5, 0.6) is 0 Å². The fraction of sp³-hybridized carbons (Fsp3) is 0.231. The van der Waals surface area contributed by atoms with E-state index in [1.165, 1.54) is 0 Å². The quantitative estimate of drug-likeness (QED) is 0.375. The summed E-state index contributed by atoms with van der Waals surface area (Å²) in [7, 11) is 0. The van der Waals surface area contributed by atoms with Gasteiger partial charge in [0, 0.05) is 11.6 Å². The van der Waals surface area contributed by atoms with E-state index < -0.39 is 17.5 Å². The molecule has 17 heavy (non-hydrogen) atoms. The van der Waals surface area contributed by atoms with Crippen LogP contribution < -0.4 is 0 Å². The Balaban J connectivity index is 2.81. The second-order valence-corrected chi connectivity index (χ2v) is 3.48. The summed E-state index contributed by atoms with van der Waals surface area (Å²) < 4.78 is 4.55. The second kappa shape index (κ2) is 5.84. The van der Waals surface area contributed by atoms with Crippen molar-refractivity contribution in [1.82, 2.24) is 0 Å². The molecule has 1 rings (SSSR count). The summed E-state index contributed by atoms with van der Waals surface area (Å²) in [5, 5.41) is 9.30. The van der Waals surface area contributed by atoms with Gasteiger partial charge in [-0.1, -0.05) is 29.8 Å². The van der Waals surface area contributed by atoms with Crippen molar-refractivity contribution in [3.63, 3.8) is 0 Å². The van der Waals surface area contributed by atoms with E-state index in [-0.39, 0.29) is 6.61 Å². The number of rotatable bonds is 4. The monoisotopic (exact) mass is 234 g/mol. The number of hydrogen-bond donors (Lipinski definition) is 1. The molecular weight excluding hydrogens is 220 g/mol. The lowest BCUT2D eigenvalue weighted by atomic mass is 10.1. The molecule has 0 amide bonds. The van der Waals surface area contributed by atoms with Crippen LogP contribution >= 0.6 is 0 Å². The van der Waals surface area contributed by atoms with Crippen LogP contribution in [0.1, 0.15) is 22.8 Å². The second-order valence-electron chi connectivity index (χ2n) is 3.48. The summed E-state index contributed by atoms with van der Waals surface area (Å²) in [5.41, 5.74) is 1.44. The van der Waals surface area contributed by atoms with Crippen molar-refractivity contribution in [2.45, 2.75) is 13.8 Å². The predicted octanol–water partition coefficient (Wildman–Crippen LogP) is 2.18. The van der Waals surface area contributed by atoms with Gasteiger partial charge in [-0.05, 0) is 13.8 Å². The number of aliphatic hydroxyl groups excluding tert-OH is 1. The molecule has 0 aliphatic carbocycles. The zero-order valence-corrected chi connectivity index (χ0v) is 9.77. The third-order valence-corrected chi connectivity index (χ3v) is 2.09. The van der Waals surface area contributed by atoms with Gasteiger partial charge in [-0.25, -0.2) is 4.79 Å². The largest absolute Gasteiger partial charge is 0.502 e. The number of aryl methyl sites for hydroxylation is 1. The molecule has 0 fully saturated rings. The van der Waals surface area contributed by atoms with E-state index in [1.54, 1.807) is 31.2 Å². The predicted molar refractivity (Wildman–Crippen MR) is 62.9 cm³/mol. The molecule has 0 saturated carbocycles. The topological polar surface area (TPSA) is 63.6 Å². The minimum Gasteiger partial charge on any atom is -0.502 e. The molecule has 0 aliphatic rings. The number of benzene rings is 1. The van der Waals surface area contributed by atoms with Crippen LogP contribution in [0.2, 0.25) is 0 Å². The maximum atomic E-state index is 11.6. The van der Waals surface area contributed by atoms with Gasteiger partial charge in [-0.2, -0.15) is 0 Å². The number of ether oxygens (including phenoxy) is 1. The Labute approximate surface area is 99.5 Å². The van der Waals surface area contributed by atoms with E-state index in [2.05, 4.69) is 4.74 Å². The van der Waals surface area contributed by atoms with Gasteiger partial charge in [-0.15, -0.1) is 0 Å². The number of hydrogen-bond acceptors (Lipinski definition) is 4. The van der Waals surface area contributed by atoms with E-state index in [0.29, 0.717) is 5.56 Å². The standard InChI is InChI=1S/C13H14O4/c1-3-17-13(16)12(15)8-11(14)10-6-4-9(2)5-7-10/h4-8,15H,3H2,1-2H3. The van der Waals surface area contributed by atoms with Crippen molar-refractivity contribution in [2.24, 2.45) is 0 Å². The Kier molecular flexibility index (Phi) is 4.46. The third-order valence-electron chi connectivity index (χ3n) is 2.09. The van der Waals surface area contributed by atoms with Crippen molar-refractivity contribution >= 4 is 11.8 Å². The van der Waals surface area contributed by atoms with Crippen LogP contribution in [0, 0.1) is 6.92 Å². The summed E-state index contributed by atoms with van der Waals surface area (Å²) in [6, 6.07) is 6.82. The van der Waals surface area contributed by atoms with E-state index in [1.807, 2.05) is 6.92 Å². The maximum absolute atomic E-state index is 11.6. The summed E-state index contributed by atoms with van der Waals surface area (Å²) in [6.45, 7) is 3.67. The van der Waals surface area contributed by atoms with Crippen LogP contribution in [0.15, 0.2) is 36.1 Å². The Morgan fingerprint density at radius 1 is 1.29 bits per heavy atom. The average molecular weight is 234 g/mol. The molecule has 0 unspecified atom stereocenters. The van der Waals surface area contributed by atoms with Crippen LogP contribution in [0.3, 0.4) is 0 Å². The highest BCUT2D eigenvalue weighted by atomic mass is 16.5. The summed E-state index contributed by atoms with van der Waals surface area (Å²) in [6.07, 6.45) is 0.864. The molecule has 0 radical (unpaired) electrons. The fourth-order valence-electron chi connectivity index (χ4n) is 1.19. The smallest absolute Gasteiger partial charge is 0.373 e. The van der Waals surface area contributed by atoms with Crippen molar-refractivity contribution < 1.29 is 19.4 Å². The third kappa shape index (κ3) is 3.75. The van der Waals surface area contributed by atoms with Gasteiger partial charge in [0.2, 0.25) is 5.76 Å². The number of esters is 1. The zero-order valence-electron chi connectivity index (χ0n) is 9.77. The van der Waals surface area contributed by atoms with Crippen molar-refractivity contribution in [3.8, 4) is 0 Å². The molecule has 4 nitrogen and oxygen atoms in total. The first-order chi connectivity index (χ1) is 8.04. The molecule has 1 aromatic carbocycles. The molecule has 0 spiro atoms. The summed E-state index contributed by atoms with van der Waals surface area (Å²) in [4.78, 5) is 22.7. The van der Waals surface area contributed by atoms with Crippen LogP contribution in [-0.2, 0) is 9.53 Å². The van der Waals surface area contributed by atoms with Gasteiger partial charge in [0.15, 0.2) is 5.78 Å². The molecule has 0 bridgehead atoms. The first-order valence-corrected chi connectivity index (χ1v) is 5.23. The highest BCUT2D eigenvalue weighted by Crippen LogP contribution is 2.06. The lowest BCUT2D eigenvalue weighted by Gasteiger charge is -2.00. The zero-order chi connectivity index (χ0) is 12.8. The molecule has 0 aromatic heterocycles. The van der Waals surface area contributed by atoms with Gasteiger partial charge in [0.1, 0.15) is 0 Å². The van der Waals surface area contributed by atoms with Crippen molar-refractivity contribution in [1.29, 1.82) is 0 Å². The van der Waals surface area contributed by atoms with Gasteiger partial charge in [0.05, 0.1) is 6.61 Å². The lowest BCUT2D eigenvalue weighted by Crippen LogP contribution is -2.09. The average Bonchev–Trinajstić information content (AvgIpc) is 2.30. The Bertz CT molecular complexity index is 443. The SMILES string of the molecule is CCOC(=O)C(O)=CC(=O)c1ccc(C)cc1. The first-order valence-electron chi connectivity index (χ1n) is 5.23. The van der Waals surface area contributed by atoms with E-state index in [4.69, 9.17) is 0 Å². The number of carbonyl (C=O) groups is 2. The molecule has 4 heteroatoms. The minimum atomic E-state index is -0.895. The summed E-state index contributed by atoms with van der Waals surface area (Å²) in [5.74, 6) is -2.01. The summed E-state index contributed by atoms with van der Waals surface area (Å²) >= 11 is 0. The van der Waals surface area contributed by atoms with E-state index in [9.17, 15) is 14.7 Å². The molecule has 0 heterocycles. The Morgan fingerprint density at radius 3 is 2.41 bits per heavy atom. The molecule has 1 aromatic rings. The van der Waals surface area contributed by atoms with Gasteiger partial charge >= 0.3 is 5.97 Å². The van der Waals surface area contributed by atoms with Gasteiger partial charge in [0.25, 0.3) is 0 Å². The highest BCUT2D eigenvalue weighted by Gasteiger charge is 2.11. The van der Waals surface area contributed by atoms with E-state index >= 15 is 0 Å². The number of carbonyl (C=O) groups excluding carboxylic acids is 2. The molecular formula is C13H14O4. The highest BCUT2D eigenvalue weighted by molar-refractivity contribution is 6.07. The maximum Gasteiger partial charge on any atom is 0.373 e. The molecule has 0 aliphatic heterocycles. The number of allylic oxidation sites excluding steroid dienone is 1. The normalized spacial score (nSPS) is 11.1. The molecule has 1 N–H and O–H groups in total.